The zero-order valence-corrected chi connectivity index (χ0v) is 12.9. The van der Waals surface area contributed by atoms with Crippen LogP contribution >= 0.6 is 15.9 Å². The van der Waals surface area contributed by atoms with E-state index in [9.17, 15) is 0 Å². The summed E-state index contributed by atoms with van der Waals surface area (Å²) in [5, 5.41) is 3.23. The molecule has 1 aliphatic rings. The number of anilines is 2. The average Bonchev–Trinajstić information content (AvgIpc) is 2.50. The van der Waals surface area contributed by atoms with Crippen molar-refractivity contribution >= 4 is 27.7 Å². The molecule has 0 saturated carbocycles. The molecule has 3 N–H and O–H groups in total. The van der Waals surface area contributed by atoms with Gasteiger partial charge in [-0.05, 0) is 40.0 Å². The fourth-order valence-electron chi connectivity index (χ4n) is 2.07. The highest BCUT2D eigenvalue weighted by Gasteiger charge is 2.11. The van der Waals surface area contributed by atoms with Crippen LogP contribution in [0.2, 0.25) is 0 Å². The number of hydrogen-bond donors (Lipinski definition) is 2. The van der Waals surface area contributed by atoms with Crippen molar-refractivity contribution in [2.24, 2.45) is 0 Å². The molecule has 1 aromatic heterocycles. The Hall–Kier alpha value is -2.02. The lowest BCUT2D eigenvalue weighted by Crippen LogP contribution is -2.15. The second-order valence-electron chi connectivity index (χ2n) is 4.58. The van der Waals surface area contributed by atoms with Crippen molar-refractivity contribution in [1.29, 1.82) is 0 Å². The van der Waals surface area contributed by atoms with E-state index >= 15 is 0 Å². The number of aromatic nitrogens is 2. The van der Waals surface area contributed by atoms with Gasteiger partial charge in [-0.2, -0.15) is 4.98 Å². The molecule has 0 unspecified atom stereocenters. The number of nitrogens with zero attached hydrogens (tertiary/aromatic N) is 2. The Bertz CT molecular complexity index is 651. The van der Waals surface area contributed by atoms with Crippen molar-refractivity contribution in [3.8, 4) is 11.5 Å². The first kappa shape index (κ1) is 13.9. The molecular weight excluding hydrogens is 336 g/mol. The summed E-state index contributed by atoms with van der Waals surface area (Å²) in [5.41, 5.74) is 6.74. The zero-order chi connectivity index (χ0) is 14.7. The van der Waals surface area contributed by atoms with Gasteiger partial charge in [0, 0.05) is 12.7 Å². The van der Waals surface area contributed by atoms with E-state index in [0.717, 1.165) is 28.9 Å². The van der Waals surface area contributed by atoms with Gasteiger partial charge in [0.05, 0.1) is 4.47 Å². The minimum absolute atomic E-state index is 0.250. The number of nitrogens with two attached hydrogens (primary N) is 1. The number of nitrogens with one attached hydrogen (secondary N) is 1. The molecule has 110 valence electrons. The molecule has 2 heterocycles. The first-order valence-corrected chi connectivity index (χ1v) is 7.42. The predicted octanol–water partition coefficient (Wildman–Crippen LogP) is 2.25. The van der Waals surface area contributed by atoms with Crippen molar-refractivity contribution in [2.75, 3.05) is 30.8 Å². The third-order valence-electron chi connectivity index (χ3n) is 3.08. The minimum Gasteiger partial charge on any atom is -0.486 e. The number of halogens is 1. The van der Waals surface area contributed by atoms with Gasteiger partial charge in [0.1, 0.15) is 19.0 Å². The monoisotopic (exact) mass is 350 g/mol. The van der Waals surface area contributed by atoms with E-state index in [1.54, 1.807) is 6.20 Å². The number of benzene rings is 1. The van der Waals surface area contributed by atoms with Crippen LogP contribution in [0.1, 0.15) is 5.56 Å². The average molecular weight is 351 g/mol. The topological polar surface area (TPSA) is 82.3 Å². The van der Waals surface area contributed by atoms with Crippen molar-refractivity contribution in [3.05, 3.63) is 34.4 Å². The largest absolute Gasteiger partial charge is 0.486 e. The molecule has 21 heavy (non-hydrogen) atoms. The summed E-state index contributed by atoms with van der Waals surface area (Å²) < 4.78 is 11.9. The number of hydrogen-bond acceptors (Lipinski definition) is 6. The van der Waals surface area contributed by atoms with E-state index in [1.165, 1.54) is 5.56 Å². The fraction of sp³-hybridized carbons (Fsp3) is 0.286. The lowest BCUT2D eigenvalue weighted by atomic mass is 10.1. The molecule has 1 aromatic carbocycles. The van der Waals surface area contributed by atoms with Gasteiger partial charge in [-0.3, -0.25) is 0 Å². The van der Waals surface area contributed by atoms with E-state index < -0.39 is 0 Å². The molecule has 0 bridgehead atoms. The molecule has 7 heteroatoms. The molecule has 0 radical (unpaired) electrons. The van der Waals surface area contributed by atoms with Crippen LogP contribution in [0.4, 0.5) is 11.8 Å². The van der Waals surface area contributed by atoms with Crippen LogP contribution in [0.3, 0.4) is 0 Å². The summed E-state index contributed by atoms with van der Waals surface area (Å²) in [6.45, 7) is 1.94. The molecule has 2 aromatic rings. The van der Waals surface area contributed by atoms with Gasteiger partial charge >= 0.3 is 0 Å². The lowest BCUT2D eigenvalue weighted by molar-refractivity contribution is 0.171. The highest BCUT2D eigenvalue weighted by molar-refractivity contribution is 9.10. The Kier molecular flexibility index (Phi) is 4.10. The summed E-state index contributed by atoms with van der Waals surface area (Å²) >= 11 is 3.39. The van der Waals surface area contributed by atoms with Gasteiger partial charge in [0.25, 0.3) is 0 Å². The van der Waals surface area contributed by atoms with Crippen LogP contribution in [-0.2, 0) is 6.42 Å². The molecular formula is C14H15BrN4O2. The van der Waals surface area contributed by atoms with Crippen LogP contribution < -0.4 is 20.5 Å². The van der Waals surface area contributed by atoms with Crippen molar-refractivity contribution in [3.63, 3.8) is 0 Å². The molecule has 6 nitrogen and oxygen atoms in total. The first-order valence-electron chi connectivity index (χ1n) is 6.63. The second kappa shape index (κ2) is 6.17. The van der Waals surface area contributed by atoms with Crippen LogP contribution in [0.5, 0.6) is 11.5 Å². The van der Waals surface area contributed by atoms with Gasteiger partial charge in [-0.1, -0.05) is 6.07 Å². The quantitative estimate of drug-likeness (QED) is 0.879. The van der Waals surface area contributed by atoms with E-state index in [2.05, 4.69) is 31.2 Å². The standard InChI is InChI=1S/C14H15BrN4O2/c15-10-8-18-14(16)19-13(10)17-4-3-9-1-2-11-12(7-9)21-6-5-20-11/h1-2,7-8H,3-6H2,(H3,16,17,18,19). The fourth-order valence-corrected chi connectivity index (χ4v) is 2.40. The minimum atomic E-state index is 0.250. The summed E-state index contributed by atoms with van der Waals surface area (Å²) in [6, 6.07) is 6.00. The van der Waals surface area contributed by atoms with Gasteiger partial charge in [0.2, 0.25) is 5.95 Å². The molecule has 0 saturated heterocycles. The van der Waals surface area contributed by atoms with Crippen LogP contribution in [0, 0.1) is 0 Å². The number of ether oxygens (including phenoxy) is 2. The summed E-state index contributed by atoms with van der Waals surface area (Å²) in [6.07, 6.45) is 2.47. The third kappa shape index (κ3) is 3.36. The van der Waals surface area contributed by atoms with E-state index in [4.69, 9.17) is 15.2 Å². The van der Waals surface area contributed by atoms with Crippen LogP contribution in [0.25, 0.3) is 0 Å². The first-order chi connectivity index (χ1) is 10.2. The Morgan fingerprint density at radius 3 is 2.90 bits per heavy atom. The van der Waals surface area contributed by atoms with E-state index in [-0.39, 0.29) is 5.95 Å². The number of rotatable bonds is 4. The highest BCUT2D eigenvalue weighted by Crippen LogP contribution is 2.30. The lowest BCUT2D eigenvalue weighted by Gasteiger charge is -2.19. The smallest absolute Gasteiger partial charge is 0.221 e. The molecule has 0 amide bonds. The van der Waals surface area contributed by atoms with Gasteiger partial charge in [-0.25, -0.2) is 4.98 Å². The van der Waals surface area contributed by atoms with Crippen LogP contribution in [0.15, 0.2) is 28.9 Å². The summed E-state index contributed by atoms with van der Waals surface area (Å²) in [5.74, 6) is 2.57. The van der Waals surface area contributed by atoms with Crippen LogP contribution in [-0.4, -0.2) is 29.7 Å². The number of nitrogen functional groups attached to an aromatic ring is 1. The molecule has 3 rings (SSSR count). The molecule has 0 spiro atoms. The highest BCUT2D eigenvalue weighted by atomic mass is 79.9. The molecule has 0 fully saturated rings. The van der Waals surface area contributed by atoms with Crippen molar-refractivity contribution in [1.82, 2.24) is 9.97 Å². The Balaban J connectivity index is 1.61. The maximum atomic E-state index is 5.57. The second-order valence-corrected chi connectivity index (χ2v) is 5.43. The Labute approximate surface area is 130 Å². The summed E-state index contributed by atoms with van der Waals surface area (Å²) in [4.78, 5) is 8.04. The SMILES string of the molecule is Nc1ncc(Br)c(NCCc2ccc3c(c2)OCCO3)n1. The summed E-state index contributed by atoms with van der Waals surface area (Å²) in [7, 11) is 0. The maximum Gasteiger partial charge on any atom is 0.221 e. The van der Waals surface area contributed by atoms with Gasteiger partial charge in [-0.15, -0.1) is 0 Å². The van der Waals surface area contributed by atoms with E-state index in [0.29, 0.717) is 19.0 Å². The molecule has 1 aliphatic heterocycles. The normalized spacial score (nSPS) is 13.0. The predicted molar refractivity (Wildman–Crippen MR) is 83.8 cm³/mol. The van der Waals surface area contributed by atoms with Crippen molar-refractivity contribution in [2.45, 2.75) is 6.42 Å². The molecule has 0 aliphatic carbocycles. The van der Waals surface area contributed by atoms with Gasteiger partial charge < -0.3 is 20.5 Å². The third-order valence-corrected chi connectivity index (χ3v) is 3.66. The zero-order valence-electron chi connectivity index (χ0n) is 11.3. The Morgan fingerprint density at radius 1 is 1.24 bits per heavy atom. The maximum absolute atomic E-state index is 5.57. The van der Waals surface area contributed by atoms with Gasteiger partial charge in [0.15, 0.2) is 11.5 Å². The van der Waals surface area contributed by atoms with Crippen molar-refractivity contribution < 1.29 is 9.47 Å². The number of fused-ring (bicyclic) bond motifs is 1. The molecule has 0 atom stereocenters. The Morgan fingerprint density at radius 2 is 2.05 bits per heavy atom. The van der Waals surface area contributed by atoms with E-state index in [1.807, 2.05) is 18.2 Å².